The Hall–Kier alpha value is -3.41. The largest absolute Gasteiger partial charge is 0.417 e. The number of benzene rings is 1. The Bertz CT molecular complexity index is 1090. The molecular formula is C16H11ClF3N5O4. The van der Waals surface area contributed by atoms with Gasteiger partial charge in [-0.05, 0) is 30.0 Å². The van der Waals surface area contributed by atoms with E-state index in [1.807, 2.05) is 0 Å². The van der Waals surface area contributed by atoms with Crippen molar-refractivity contribution in [3.63, 3.8) is 0 Å². The topological polar surface area (TPSA) is 116 Å². The lowest BCUT2D eigenvalue weighted by atomic mass is 10.1. The molecule has 0 bridgehead atoms. The summed E-state index contributed by atoms with van der Waals surface area (Å²) < 4.78 is 45.1. The predicted molar refractivity (Wildman–Crippen MR) is 93.6 cm³/mol. The van der Waals surface area contributed by atoms with Gasteiger partial charge in [-0.15, -0.1) is 0 Å². The van der Waals surface area contributed by atoms with E-state index in [-0.39, 0.29) is 35.1 Å². The summed E-state index contributed by atoms with van der Waals surface area (Å²) in [6, 6.07) is 4.09. The molecule has 0 saturated heterocycles. The van der Waals surface area contributed by atoms with E-state index in [0.29, 0.717) is 6.07 Å². The Balaban J connectivity index is 1.85. The average molecular weight is 430 g/mol. The molecule has 9 nitrogen and oxygen atoms in total. The number of hydrogen-bond acceptors (Lipinski definition) is 6. The summed E-state index contributed by atoms with van der Waals surface area (Å²) >= 11 is 5.56. The number of hydrogen-bond donors (Lipinski definition) is 1. The second-order valence-corrected chi connectivity index (χ2v) is 6.25. The molecule has 1 amide bonds. The molecule has 13 heteroatoms. The maximum atomic E-state index is 13.0. The molecule has 3 aromatic rings. The Morgan fingerprint density at radius 1 is 1.38 bits per heavy atom. The molecule has 0 unspecified atom stereocenters. The van der Waals surface area contributed by atoms with Crippen molar-refractivity contribution in [2.45, 2.75) is 19.6 Å². The van der Waals surface area contributed by atoms with E-state index in [1.54, 1.807) is 0 Å². The molecule has 152 valence electrons. The lowest BCUT2D eigenvalue weighted by Gasteiger charge is -2.11. The highest BCUT2D eigenvalue weighted by Crippen LogP contribution is 2.36. The van der Waals surface area contributed by atoms with E-state index >= 15 is 0 Å². The maximum absolute atomic E-state index is 13.0. The second-order valence-electron chi connectivity index (χ2n) is 5.84. The maximum Gasteiger partial charge on any atom is 0.417 e. The fourth-order valence-corrected chi connectivity index (χ4v) is 2.69. The molecule has 0 aliphatic carbocycles. The lowest BCUT2D eigenvalue weighted by Crippen LogP contribution is -2.17. The van der Waals surface area contributed by atoms with Crippen LogP contribution in [0.2, 0.25) is 5.02 Å². The van der Waals surface area contributed by atoms with E-state index in [4.69, 9.17) is 16.1 Å². The third-order valence-electron chi connectivity index (χ3n) is 3.86. The molecule has 0 atom stereocenters. The average Bonchev–Trinajstić information content (AvgIpc) is 3.24. The van der Waals surface area contributed by atoms with Gasteiger partial charge in [0, 0.05) is 5.69 Å². The van der Waals surface area contributed by atoms with Crippen molar-refractivity contribution in [2.24, 2.45) is 0 Å². The van der Waals surface area contributed by atoms with Gasteiger partial charge in [-0.25, -0.2) is 0 Å². The molecule has 0 aliphatic rings. The van der Waals surface area contributed by atoms with Crippen LogP contribution in [0.1, 0.15) is 27.4 Å². The SMILES string of the molecule is Cc1onc(C(=O)Nc2ccc(Cl)c(C(F)(F)F)c2)c1Cn1ccc([N+](=O)[O-])n1. The third-order valence-corrected chi connectivity index (χ3v) is 4.19. The van der Waals surface area contributed by atoms with E-state index in [0.717, 1.165) is 6.07 Å². The van der Waals surface area contributed by atoms with Crippen molar-refractivity contribution in [2.75, 3.05) is 5.32 Å². The van der Waals surface area contributed by atoms with Crippen molar-refractivity contribution in [1.82, 2.24) is 14.9 Å². The molecule has 1 aromatic carbocycles. The molecule has 3 rings (SSSR count). The number of alkyl halides is 3. The summed E-state index contributed by atoms with van der Waals surface area (Å²) in [4.78, 5) is 22.6. The van der Waals surface area contributed by atoms with Gasteiger partial charge in [0.15, 0.2) is 5.69 Å². The standard InChI is InChI=1S/C16H11ClF3N5O4/c1-8-10(7-24-5-4-13(22-24)25(27)28)14(23-29-8)15(26)21-9-2-3-12(17)11(6-9)16(18,19)20/h2-6H,7H2,1H3,(H,21,26). The molecule has 2 heterocycles. The quantitative estimate of drug-likeness (QED) is 0.483. The number of nitrogens with zero attached hydrogens (tertiary/aromatic N) is 4. The Labute approximate surface area is 165 Å². The van der Waals surface area contributed by atoms with Crippen LogP contribution in [0.25, 0.3) is 0 Å². The lowest BCUT2D eigenvalue weighted by molar-refractivity contribution is -0.389. The monoisotopic (exact) mass is 429 g/mol. The fraction of sp³-hybridized carbons (Fsp3) is 0.188. The van der Waals surface area contributed by atoms with Crippen molar-refractivity contribution in [3.05, 3.63) is 68.2 Å². The third kappa shape index (κ3) is 4.37. The summed E-state index contributed by atoms with van der Waals surface area (Å²) in [6.07, 6.45) is -3.36. The fourth-order valence-electron chi connectivity index (χ4n) is 2.46. The first kappa shape index (κ1) is 20.3. The number of carbonyl (C=O) groups is 1. The van der Waals surface area contributed by atoms with Crippen LogP contribution in [0.15, 0.2) is 35.0 Å². The minimum atomic E-state index is -4.69. The first-order valence-corrected chi connectivity index (χ1v) is 8.25. The summed E-state index contributed by atoms with van der Waals surface area (Å²) in [5.74, 6) is -0.958. The zero-order valence-corrected chi connectivity index (χ0v) is 15.3. The highest BCUT2D eigenvalue weighted by atomic mass is 35.5. The number of rotatable bonds is 5. The van der Waals surface area contributed by atoms with E-state index in [1.165, 1.54) is 29.9 Å². The van der Waals surface area contributed by atoms with Crippen LogP contribution in [0, 0.1) is 17.0 Å². The van der Waals surface area contributed by atoms with Gasteiger partial charge in [0.05, 0.1) is 40.1 Å². The van der Waals surface area contributed by atoms with Gasteiger partial charge >= 0.3 is 12.0 Å². The summed E-state index contributed by atoms with van der Waals surface area (Å²) in [5, 5.41) is 19.9. The summed E-state index contributed by atoms with van der Waals surface area (Å²) in [7, 11) is 0. The van der Waals surface area contributed by atoms with E-state index in [9.17, 15) is 28.1 Å². The minimum Gasteiger partial charge on any atom is -0.361 e. The van der Waals surface area contributed by atoms with Crippen LogP contribution in [0.4, 0.5) is 24.7 Å². The molecule has 0 spiro atoms. The van der Waals surface area contributed by atoms with E-state index in [2.05, 4.69) is 15.6 Å². The number of amides is 1. The molecule has 1 N–H and O–H groups in total. The highest BCUT2D eigenvalue weighted by Gasteiger charge is 2.33. The van der Waals surface area contributed by atoms with Gasteiger partial charge in [0.25, 0.3) is 5.91 Å². The van der Waals surface area contributed by atoms with Crippen LogP contribution in [0.5, 0.6) is 0 Å². The van der Waals surface area contributed by atoms with Crippen molar-refractivity contribution in [3.8, 4) is 0 Å². The van der Waals surface area contributed by atoms with Crippen LogP contribution >= 0.6 is 11.6 Å². The summed E-state index contributed by atoms with van der Waals surface area (Å²) in [6.45, 7) is 1.45. The number of aromatic nitrogens is 3. The van der Waals surface area contributed by atoms with Crippen molar-refractivity contribution in [1.29, 1.82) is 0 Å². The van der Waals surface area contributed by atoms with E-state index < -0.39 is 27.6 Å². The number of halogens is 4. The number of nitro groups is 1. The van der Waals surface area contributed by atoms with Crippen LogP contribution in [-0.2, 0) is 12.7 Å². The van der Waals surface area contributed by atoms with Crippen LogP contribution < -0.4 is 5.32 Å². The number of anilines is 1. The summed E-state index contributed by atoms with van der Waals surface area (Å²) in [5.41, 5.74) is -1.17. The highest BCUT2D eigenvalue weighted by molar-refractivity contribution is 6.31. The molecule has 29 heavy (non-hydrogen) atoms. The van der Waals surface area contributed by atoms with Crippen molar-refractivity contribution < 1.29 is 27.4 Å². The molecule has 2 aromatic heterocycles. The number of nitrogens with one attached hydrogen (secondary N) is 1. The van der Waals surface area contributed by atoms with Crippen LogP contribution in [0.3, 0.4) is 0 Å². The molecule has 0 aliphatic heterocycles. The smallest absolute Gasteiger partial charge is 0.361 e. The van der Waals surface area contributed by atoms with Gasteiger partial charge < -0.3 is 20.0 Å². The minimum absolute atomic E-state index is 0.0691. The van der Waals surface area contributed by atoms with Crippen molar-refractivity contribution >= 4 is 29.0 Å². The van der Waals surface area contributed by atoms with Gasteiger partial charge in [0.2, 0.25) is 0 Å². The molecular weight excluding hydrogens is 419 g/mol. The van der Waals surface area contributed by atoms with Gasteiger partial charge in [-0.2, -0.15) is 17.9 Å². The van der Waals surface area contributed by atoms with Gasteiger partial charge in [-0.3, -0.25) is 4.79 Å². The molecule has 0 radical (unpaired) electrons. The predicted octanol–water partition coefficient (Wildman–Crippen LogP) is 4.06. The van der Waals surface area contributed by atoms with Gasteiger partial charge in [-0.1, -0.05) is 16.8 Å². The first-order chi connectivity index (χ1) is 13.6. The Morgan fingerprint density at radius 2 is 2.10 bits per heavy atom. The molecule has 0 saturated carbocycles. The Kier molecular flexibility index (Phi) is 5.29. The van der Waals surface area contributed by atoms with Crippen LogP contribution in [-0.4, -0.2) is 25.8 Å². The number of aryl methyl sites for hydroxylation is 1. The first-order valence-electron chi connectivity index (χ1n) is 7.87. The number of carbonyl (C=O) groups excluding carboxylic acids is 1. The normalized spacial score (nSPS) is 11.5. The zero-order valence-electron chi connectivity index (χ0n) is 14.5. The zero-order chi connectivity index (χ0) is 21.3. The molecule has 0 fully saturated rings. The second kappa shape index (κ2) is 7.54. The Morgan fingerprint density at radius 3 is 2.72 bits per heavy atom. The van der Waals surface area contributed by atoms with Gasteiger partial charge in [0.1, 0.15) is 5.76 Å².